The van der Waals surface area contributed by atoms with Gasteiger partial charge in [0.2, 0.25) is 11.8 Å². The van der Waals surface area contributed by atoms with Gasteiger partial charge in [0.15, 0.2) is 0 Å². The third-order valence-corrected chi connectivity index (χ3v) is 5.95. The normalized spacial score (nSPS) is 18.1. The molecule has 15 nitrogen and oxygen atoms in total. The van der Waals surface area contributed by atoms with Gasteiger partial charge in [0.05, 0.1) is 33.2 Å². The number of carboxylic acid groups (broad SMARTS) is 1. The average molecular weight is 533 g/mol. The number of ether oxygens (including phenoxy) is 2. The molecule has 2 fully saturated rings. The van der Waals surface area contributed by atoms with Gasteiger partial charge in [-0.15, -0.1) is 0 Å². The molecule has 1 aromatic carbocycles. The number of hydrogen-bond acceptors (Lipinski definition) is 9. The molecule has 0 aliphatic carbocycles. The summed E-state index contributed by atoms with van der Waals surface area (Å²) < 4.78 is 10.3. The van der Waals surface area contributed by atoms with Crippen LogP contribution in [0.3, 0.4) is 0 Å². The second kappa shape index (κ2) is 12.0. The molecule has 0 unspecified atom stereocenters. The van der Waals surface area contributed by atoms with Gasteiger partial charge in [-0.1, -0.05) is 6.07 Å². The molecular weight excluding hydrogens is 506 g/mol. The summed E-state index contributed by atoms with van der Waals surface area (Å²) in [7, 11) is 2.60. The first kappa shape index (κ1) is 27.9. The van der Waals surface area contributed by atoms with E-state index >= 15 is 0 Å². The number of carboxylic acids is 1. The Morgan fingerprint density at radius 2 is 1.79 bits per heavy atom. The van der Waals surface area contributed by atoms with E-state index in [0.29, 0.717) is 6.42 Å². The van der Waals surface area contributed by atoms with Crippen LogP contribution < -0.4 is 20.2 Å². The summed E-state index contributed by atoms with van der Waals surface area (Å²) in [6, 6.07) is 0.855. The summed E-state index contributed by atoms with van der Waals surface area (Å²) in [6.07, 6.45) is -0.198. The number of nitrogens with zero attached hydrogens (tertiary/aromatic N) is 3. The third kappa shape index (κ3) is 5.82. The van der Waals surface area contributed by atoms with Crippen LogP contribution in [-0.2, 0) is 24.0 Å². The molecule has 3 N–H and O–H groups in total. The molecular formula is C23H27N5O10. The number of urea groups is 1. The number of benzene rings is 1. The van der Waals surface area contributed by atoms with Crippen molar-refractivity contribution < 1.29 is 48.1 Å². The Labute approximate surface area is 216 Å². The Balaban J connectivity index is 1.84. The lowest BCUT2D eigenvalue weighted by molar-refractivity contribution is -0.155. The minimum Gasteiger partial charge on any atom is -0.496 e. The number of Topliss-reactive ketones (excluding diaryl/α,β-unsaturated/α-hetero) is 1. The van der Waals surface area contributed by atoms with Crippen molar-refractivity contribution in [3.05, 3.63) is 23.8 Å². The molecule has 0 spiro atoms. The van der Waals surface area contributed by atoms with Crippen LogP contribution in [0, 0.1) is 0 Å². The lowest BCUT2D eigenvalue weighted by Crippen LogP contribution is -2.65. The van der Waals surface area contributed by atoms with E-state index in [1.807, 2.05) is 0 Å². The van der Waals surface area contributed by atoms with Crippen molar-refractivity contribution in [1.29, 1.82) is 0 Å². The summed E-state index contributed by atoms with van der Waals surface area (Å²) >= 11 is 0. The van der Waals surface area contributed by atoms with Crippen molar-refractivity contribution in [2.75, 3.05) is 27.3 Å². The van der Waals surface area contributed by atoms with Crippen molar-refractivity contribution in [2.24, 2.45) is 0 Å². The zero-order valence-corrected chi connectivity index (χ0v) is 20.7. The van der Waals surface area contributed by atoms with Gasteiger partial charge in [-0.25, -0.2) is 19.8 Å². The molecule has 2 aliphatic rings. The molecule has 0 aromatic heterocycles. The lowest BCUT2D eigenvalue weighted by atomic mass is 10.1. The van der Waals surface area contributed by atoms with Gasteiger partial charge in [0.25, 0.3) is 5.78 Å². The van der Waals surface area contributed by atoms with Crippen LogP contribution in [0.25, 0.3) is 0 Å². The number of amides is 5. The third-order valence-electron chi connectivity index (χ3n) is 5.95. The monoisotopic (exact) mass is 533 g/mol. The summed E-state index contributed by atoms with van der Waals surface area (Å²) in [6.45, 7) is -0.184. The highest BCUT2D eigenvalue weighted by Gasteiger charge is 2.44. The fourth-order valence-corrected chi connectivity index (χ4v) is 4.18. The van der Waals surface area contributed by atoms with Crippen molar-refractivity contribution in [3.8, 4) is 11.5 Å². The number of carbonyl (C=O) groups excluding carboxylic acids is 6. The fourth-order valence-electron chi connectivity index (χ4n) is 4.18. The van der Waals surface area contributed by atoms with Crippen LogP contribution in [0.4, 0.5) is 4.79 Å². The minimum absolute atomic E-state index is 0.0619. The van der Waals surface area contributed by atoms with Gasteiger partial charge in [-0.05, 0) is 25.0 Å². The molecule has 0 saturated carbocycles. The van der Waals surface area contributed by atoms with Crippen LogP contribution >= 0.6 is 0 Å². The van der Waals surface area contributed by atoms with Crippen molar-refractivity contribution in [1.82, 2.24) is 25.8 Å². The summed E-state index contributed by atoms with van der Waals surface area (Å²) in [5, 5.41) is 13.9. The summed E-state index contributed by atoms with van der Waals surface area (Å²) in [5.41, 5.74) is 2.02. The number of carbonyl (C=O) groups is 7. The molecule has 0 bridgehead atoms. The van der Waals surface area contributed by atoms with Crippen LogP contribution in [0.15, 0.2) is 18.2 Å². The Kier molecular flexibility index (Phi) is 8.83. The van der Waals surface area contributed by atoms with E-state index < -0.39 is 54.0 Å². The second-order valence-electron chi connectivity index (χ2n) is 8.36. The predicted molar refractivity (Wildman–Crippen MR) is 126 cm³/mol. The number of nitrogens with one attached hydrogen (secondary N) is 2. The zero-order valence-electron chi connectivity index (χ0n) is 20.7. The number of fused-ring (bicyclic) bond motifs is 1. The average Bonchev–Trinajstić information content (AvgIpc) is 3.03. The van der Waals surface area contributed by atoms with Crippen molar-refractivity contribution in [2.45, 2.75) is 37.8 Å². The molecule has 204 valence electrons. The first-order valence-corrected chi connectivity index (χ1v) is 11.6. The molecule has 2 atom stereocenters. The van der Waals surface area contributed by atoms with E-state index in [1.165, 1.54) is 26.4 Å². The minimum atomic E-state index is -1.35. The topological polar surface area (TPSA) is 192 Å². The largest absolute Gasteiger partial charge is 0.496 e. The van der Waals surface area contributed by atoms with E-state index in [2.05, 4.69) is 10.7 Å². The van der Waals surface area contributed by atoms with E-state index in [0.717, 1.165) is 15.0 Å². The molecule has 2 aliphatic heterocycles. The lowest BCUT2D eigenvalue weighted by Gasteiger charge is -2.42. The Bertz CT molecular complexity index is 1130. The number of aldehydes is 1. The fraction of sp³-hybridized carbons (Fsp3) is 0.435. The molecule has 2 heterocycles. The number of hydrogen-bond donors (Lipinski definition) is 3. The Morgan fingerprint density at radius 3 is 2.37 bits per heavy atom. The van der Waals surface area contributed by atoms with Gasteiger partial charge in [0, 0.05) is 13.0 Å². The van der Waals surface area contributed by atoms with E-state index in [9.17, 15) is 33.6 Å². The molecule has 15 heteroatoms. The summed E-state index contributed by atoms with van der Waals surface area (Å²) in [4.78, 5) is 87.2. The van der Waals surface area contributed by atoms with Crippen LogP contribution in [0.2, 0.25) is 0 Å². The maximum Gasteiger partial charge on any atom is 0.358 e. The maximum atomic E-state index is 13.5. The van der Waals surface area contributed by atoms with E-state index in [4.69, 9.17) is 14.6 Å². The van der Waals surface area contributed by atoms with Crippen molar-refractivity contribution >= 4 is 41.8 Å². The second-order valence-corrected chi connectivity index (χ2v) is 8.36. The van der Waals surface area contributed by atoms with E-state index in [-0.39, 0.29) is 49.3 Å². The Hall–Kier alpha value is -4.69. The molecule has 3 rings (SSSR count). The number of aliphatic carboxylic acids is 1. The quantitative estimate of drug-likeness (QED) is 0.193. The predicted octanol–water partition coefficient (Wildman–Crippen LogP) is -0.890. The van der Waals surface area contributed by atoms with Gasteiger partial charge >= 0.3 is 17.9 Å². The highest BCUT2D eigenvalue weighted by Crippen LogP contribution is 2.29. The SMILES string of the molecule is COc1cccc(OC)c1C(=O)C(=O)NN1CCC(=O)N2CCC[C@@H](C(=O)N[C@H](C=O)CC(=O)O)N2C1=O. The van der Waals surface area contributed by atoms with Crippen molar-refractivity contribution in [3.63, 3.8) is 0 Å². The highest BCUT2D eigenvalue weighted by atomic mass is 16.5. The number of ketones is 1. The van der Waals surface area contributed by atoms with Gasteiger partial charge < -0.3 is 24.7 Å². The molecule has 0 radical (unpaired) electrons. The summed E-state index contributed by atoms with van der Waals surface area (Å²) in [5.74, 6) is -4.85. The molecule has 1 aromatic rings. The smallest absolute Gasteiger partial charge is 0.358 e. The van der Waals surface area contributed by atoms with Crippen LogP contribution in [-0.4, -0.2) is 101 Å². The first-order valence-electron chi connectivity index (χ1n) is 11.6. The number of rotatable bonds is 10. The molecule has 2 saturated heterocycles. The molecule has 38 heavy (non-hydrogen) atoms. The van der Waals surface area contributed by atoms with Crippen LogP contribution in [0.1, 0.15) is 36.0 Å². The highest BCUT2D eigenvalue weighted by molar-refractivity contribution is 6.44. The zero-order chi connectivity index (χ0) is 28.0. The number of hydrazine groups is 2. The maximum absolute atomic E-state index is 13.5. The van der Waals surface area contributed by atoms with Gasteiger partial charge in [-0.2, -0.15) is 0 Å². The standard InChI is InChI=1S/C23H27N5O10/c1-37-15-6-3-7-16(38-2)19(15)20(33)22(35)25-26-10-8-17(30)27-9-4-5-14(28(27)23(26)36)21(34)24-13(12-29)11-18(31)32/h3,6-7,12-14H,4-5,8-11H2,1-2H3,(H,24,34)(H,25,35)(H,31,32)/t13-,14-/m0/s1. The van der Waals surface area contributed by atoms with Crippen LogP contribution in [0.5, 0.6) is 11.5 Å². The Morgan fingerprint density at radius 1 is 1.13 bits per heavy atom. The van der Waals surface area contributed by atoms with E-state index in [1.54, 1.807) is 6.07 Å². The number of methoxy groups -OCH3 is 2. The molecule has 5 amide bonds. The van der Waals surface area contributed by atoms with Gasteiger partial charge in [-0.3, -0.25) is 29.4 Å². The first-order chi connectivity index (χ1) is 18.1. The van der Waals surface area contributed by atoms with Gasteiger partial charge in [0.1, 0.15) is 29.4 Å².